The largest absolute Gasteiger partial charge is 0.352 e. The first-order valence-corrected chi connectivity index (χ1v) is 8.04. The van der Waals surface area contributed by atoms with Crippen molar-refractivity contribution >= 4 is 5.91 Å². The van der Waals surface area contributed by atoms with Crippen molar-refractivity contribution in [2.24, 2.45) is 0 Å². The van der Waals surface area contributed by atoms with E-state index in [1.54, 1.807) is 6.07 Å². The van der Waals surface area contributed by atoms with Crippen LogP contribution in [0.1, 0.15) is 55.0 Å². The minimum Gasteiger partial charge on any atom is -0.352 e. The Morgan fingerprint density at radius 3 is 2.87 bits per heavy atom. The molecule has 6 heteroatoms. The van der Waals surface area contributed by atoms with E-state index in [-0.39, 0.29) is 11.5 Å². The Morgan fingerprint density at radius 2 is 2.17 bits per heavy atom. The predicted molar refractivity (Wildman–Crippen MR) is 89.7 cm³/mol. The number of nitrogens with one attached hydrogen (secondary N) is 2. The summed E-state index contributed by atoms with van der Waals surface area (Å²) in [7, 11) is 0. The summed E-state index contributed by atoms with van der Waals surface area (Å²) in [5, 5.41) is 2.91. The van der Waals surface area contributed by atoms with Crippen molar-refractivity contribution in [3.8, 4) is 0 Å². The first-order valence-electron chi connectivity index (χ1n) is 8.04. The molecule has 0 aliphatic heterocycles. The second kappa shape index (κ2) is 7.76. The van der Waals surface area contributed by atoms with Gasteiger partial charge in [-0.1, -0.05) is 20.8 Å². The predicted octanol–water partition coefficient (Wildman–Crippen LogP) is 2.08. The molecule has 0 radical (unpaired) electrons. The monoisotopic (exact) mass is 316 g/mol. The number of aryl methyl sites for hydroxylation is 2. The van der Waals surface area contributed by atoms with Crippen molar-refractivity contribution < 1.29 is 4.79 Å². The fraction of sp³-hybridized carbons (Fsp3) is 0.471. The Balaban J connectivity index is 1.88. The Labute approximate surface area is 136 Å². The number of amides is 1. The van der Waals surface area contributed by atoms with Crippen molar-refractivity contribution in [1.82, 2.24) is 19.9 Å². The number of hydrogen-bond acceptors (Lipinski definition) is 3. The molecule has 124 valence electrons. The third-order valence-corrected chi connectivity index (χ3v) is 3.72. The summed E-state index contributed by atoms with van der Waals surface area (Å²) in [5.41, 5.74) is 1.03. The molecule has 0 atom stereocenters. The molecule has 2 N–H and O–H groups in total. The number of hydrogen-bond donors (Lipinski definition) is 2. The van der Waals surface area contributed by atoms with E-state index in [2.05, 4.69) is 33.7 Å². The summed E-state index contributed by atoms with van der Waals surface area (Å²) in [4.78, 5) is 30.6. The molecule has 2 aromatic heterocycles. The van der Waals surface area contributed by atoms with E-state index in [9.17, 15) is 9.59 Å². The normalized spacial score (nSPS) is 11.0. The van der Waals surface area contributed by atoms with Gasteiger partial charge < -0.3 is 14.9 Å². The molecule has 0 aliphatic rings. The molecular weight excluding hydrogens is 292 g/mol. The van der Waals surface area contributed by atoms with Gasteiger partial charge in [0, 0.05) is 43.2 Å². The molecule has 0 fully saturated rings. The van der Waals surface area contributed by atoms with E-state index >= 15 is 0 Å². The maximum Gasteiger partial charge on any atom is 0.253 e. The van der Waals surface area contributed by atoms with Gasteiger partial charge in [0.1, 0.15) is 5.82 Å². The van der Waals surface area contributed by atoms with Crippen LogP contribution in [0.3, 0.4) is 0 Å². The third kappa shape index (κ3) is 4.31. The van der Waals surface area contributed by atoms with Gasteiger partial charge in [0.25, 0.3) is 5.91 Å². The van der Waals surface area contributed by atoms with Gasteiger partial charge in [0.2, 0.25) is 5.56 Å². The van der Waals surface area contributed by atoms with Crippen LogP contribution in [0.2, 0.25) is 0 Å². The summed E-state index contributed by atoms with van der Waals surface area (Å²) >= 11 is 0. The number of rotatable bonds is 7. The second-order valence-electron chi connectivity index (χ2n) is 5.81. The zero-order valence-electron chi connectivity index (χ0n) is 13.9. The summed E-state index contributed by atoms with van der Waals surface area (Å²) in [6, 6.07) is 2.97. The fourth-order valence-electron chi connectivity index (χ4n) is 2.57. The van der Waals surface area contributed by atoms with Crippen LogP contribution in [0.15, 0.2) is 29.3 Å². The maximum absolute atomic E-state index is 12.2. The first-order chi connectivity index (χ1) is 11.0. The molecular formula is C17H24N4O2. The lowest BCUT2D eigenvalue weighted by Crippen LogP contribution is -2.27. The van der Waals surface area contributed by atoms with E-state index < -0.39 is 0 Å². The highest BCUT2D eigenvalue weighted by Crippen LogP contribution is 2.11. The third-order valence-electron chi connectivity index (χ3n) is 3.72. The molecule has 2 heterocycles. The molecule has 2 rings (SSSR count). The van der Waals surface area contributed by atoms with Gasteiger partial charge >= 0.3 is 0 Å². The van der Waals surface area contributed by atoms with Crippen LogP contribution in [0, 0.1) is 0 Å². The molecule has 0 saturated heterocycles. The lowest BCUT2D eigenvalue weighted by atomic mass is 10.1. The number of aromatic amines is 1. The van der Waals surface area contributed by atoms with Gasteiger partial charge in [0.05, 0.1) is 5.56 Å². The van der Waals surface area contributed by atoms with Crippen molar-refractivity contribution in [1.29, 1.82) is 0 Å². The summed E-state index contributed by atoms with van der Waals surface area (Å²) in [6.45, 7) is 7.54. The van der Waals surface area contributed by atoms with Gasteiger partial charge in [-0.05, 0) is 18.9 Å². The van der Waals surface area contributed by atoms with Gasteiger partial charge in [0.15, 0.2) is 0 Å². The number of H-pyrrole nitrogens is 1. The van der Waals surface area contributed by atoms with Crippen LogP contribution in [0.5, 0.6) is 0 Å². The fourth-order valence-corrected chi connectivity index (χ4v) is 2.57. The molecule has 0 spiro atoms. The van der Waals surface area contributed by atoms with Crippen molar-refractivity contribution in [3.05, 3.63) is 52.0 Å². The topological polar surface area (TPSA) is 79.8 Å². The minimum absolute atomic E-state index is 0.146. The molecule has 1 amide bonds. The van der Waals surface area contributed by atoms with Gasteiger partial charge in [-0.2, -0.15) is 0 Å². The SMILES string of the molecule is CCc1[nH]c(=O)ccc1C(=O)NCCCn1ccnc1C(C)C. The summed E-state index contributed by atoms with van der Waals surface area (Å²) in [6.07, 6.45) is 5.22. The highest BCUT2D eigenvalue weighted by Gasteiger charge is 2.11. The quantitative estimate of drug-likeness (QED) is 0.768. The Morgan fingerprint density at radius 1 is 1.39 bits per heavy atom. The zero-order valence-corrected chi connectivity index (χ0v) is 13.9. The molecule has 0 aromatic carbocycles. The average molecular weight is 316 g/mol. The first kappa shape index (κ1) is 17.0. The minimum atomic E-state index is -0.181. The van der Waals surface area contributed by atoms with Crippen LogP contribution in [-0.4, -0.2) is 27.0 Å². The standard InChI is InChI=1S/C17H24N4O2/c1-4-14-13(6-7-15(22)20-14)17(23)19-8-5-10-21-11-9-18-16(21)12(2)3/h6-7,9,11-12H,4-5,8,10H2,1-3H3,(H,19,23)(H,20,22). The number of pyridine rings is 1. The lowest BCUT2D eigenvalue weighted by Gasteiger charge is -2.11. The van der Waals surface area contributed by atoms with Crippen LogP contribution in [-0.2, 0) is 13.0 Å². The number of carbonyl (C=O) groups is 1. The van der Waals surface area contributed by atoms with Gasteiger partial charge in [-0.15, -0.1) is 0 Å². The van der Waals surface area contributed by atoms with Crippen molar-refractivity contribution in [2.45, 2.75) is 46.1 Å². The number of aromatic nitrogens is 3. The Bertz CT molecular complexity index is 715. The molecule has 2 aromatic rings. The van der Waals surface area contributed by atoms with Gasteiger partial charge in [-0.3, -0.25) is 9.59 Å². The number of nitrogens with zero attached hydrogens (tertiary/aromatic N) is 2. The molecule has 0 aliphatic carbocycles. The molecule has 6 nitrogen and oxygen atoms in total. The van der Waals surface area contributed by atoms with E-state index in [1.807, 2.05) is 19.3 Å². The van der Waals surface area contributed by atoms with Crippen LogP contribution in [0.25, 0.3) is 0 Å². The number of imidazole rings is 1. The van der Waals surface area contributed by atoms with E-state index in [0.717, 1.165) is 18.8 Å². The van der Waals surface area contributed by atoms with Crippen LogP contribution in [0.4, 0.5) is 0 Å². The maximum atomic E-state index is 12.2. The lowest BCUT2D eigenvalue weighted by molar-refractivity contribution is 0.0951. The number of carbonyl (C=O) groups excluding carboxylic acids is 1. The van der Waals surface area contributed by atoms with E-state index in [1.165, 1.54) is 6.07 Å². The van der Waals surface area contributed by atoms with E-state index in [0.29, 0.717) is 30.1 Å². The van der Waals surface area contributed by atoms with E-state index in [4.69, 9.17) is 0 Å². The average Bonchev–Trinajstić information content (AvgIpc) is 2.99. The Kier molecular flexibility index (Phi) is 5.73. The zero-order chi connectivity index (χ0) is 16.8. The molecule has 0 bridgehead atoms. The van der Waals surface area contributed by atoms with Crippen molar-refractivity contribution in [2.75, 3.05) is 6.54 Å². The smallest absolute Gasteiger partial charge is 0.253 e. The Hall–Kier alpha value is -2.37. The highest BCUT2D eigenvalue weighted by atomic mass is 16.1. The second-order valence-corrected chi connectivity index (χ2v) is 5.81. The van der Waals surface area contributed by atoms with Gasteiger partial charge in [-0.25, -0.2) is 4.98 Å². The summed E-state index contributed by atoms with van der Waals surface area (Å²) < 4.78 is 2.12. The molecule has 0 unspecified atom stereocenters. The van der Waals surface area contributed by atoms with Crippen LogP contribution < -0.4 is 10.9 Å². The molecule has 23 heavy (non-hydrogen) atoms. The summed E-state index contributed by atoms with van der Waals surface area (Å²) in [5.74, 6) is 1.30. The van der Waals surface area contributed by atoms with Crippen LogP contribution >= 0.6 is 0 Å². The highest BCUT2D eigenvalue weighted by molar-refractivity contribution is 5.95. The molecule has 0 saturated carbocycles. The van der Waals surface area contributed by atoms with Crippen molar-refractivity contribution in [3.63, 3.8) is 0 Å².